The van der Waals surface area contributed by atoms with Gasteiger partial charge in [-0.2, -0.15) is 10.2 Å². The SMILES string of the molecule is CCCOc1ncc(-c2nc(-c3ccc4c(c3)CCN(C(=O)CNC(=O)OC(C)(C)C)CC4)no2)cc1C#N. The number of hydrogen-bond acceptors (Lipinski definition) is 9. The Morgan fingerprint density at radius 2 is 1.92 bits per heavy atom. The number of carbonyl (C=O) groups excluding carboxylic acids is 2. The number of ether oxygens (including phenoxy) is 2. The van der Waals surface area contributed by atoms with Crippen LogP contribution < -0.4 is 10.1 Å². The summed E-state index contributed by atoms with van der Waals surface area (Å²) < 4.78 is 16.2. The fraction of sp³-hybridized carbons (Fsp3) is 0.429. The maximum absolute atomic E-state index is 12.7. The third-order valence-electron chi connectivity index (χ3n) is 5.99. The monoisotopic (exact) mass is 532 g/mol. The van der Waals surface area contributed by atoms with E-state index >= 15 is 0 Å². The molecule has 0 spiro atoms. The van der Waals surface area contributed by atoms with Crippen LogP contribution in [-0.2, 0) is 22.4 Å². The molecule has 1 N–H and O–H groups in total. The summed E-state index contributed by atoms with van der Waals surface area (Å²) in [5, 5.41) is 16.1. The van der Waals surface area contributed by atoms with Crippen LogP contribution in [0, 0.1) is 11.3 Å². The van der Waals surface area contributed by atoms with Crippen LogP contribution in [0.3, 0.4) is 0 Å². The fourth-order valence-electron chi connectivity index (χ4n) is 4.11. The average Bonchev–Trinajstić information content (AvgIpc) is 3.30. The van der Waals surface area contributed by atoms with Gasteiger partial charge in [-0.15, -0.1) is 0 Å². The van der Waals surface area contributed by atoms with Gasteiger partial charge < -0.3 is 24.2 Å². The fourth-order valence-corrected chi connectivity index (χ4v) is 4.11. The Kier molecular flexibility index (Phi) is 8.44. The summed E-state index contributed by atoms with van der Waals surface area (Å²) >= 11 is 0. The average molecular weight is 533 g/mol. The van der Waals surface area contributed by atoms with Crippen LogP contribution in [0.15, 0.2) is 35.0 Å². The van der Waals surface area contributed by atoms with Crippen molar-refractivity contribution in [2.24, 2.45) is 0 Å². The maximum atomic E-state index is 12.7. The number of amides is 2. The highest BCUT2D eigenvalue weighted by molar-refractivity contribution is 5.82. The van der Waals surface area contributed by atoms with Crippen molar-refractivity contribution in [1.29, 1.82) is 5.26 Å². The Morgan fingerprint density at radius 1 is 1.15 bits per heavy atom. The predicted octanol–water partition coefficient (Wildman–Crippen LogP) is 3.91. The molecule has 1 aromatic carbocycles. The van der Waals surface area contributed by atoms with E-state index in [1.165, 1.54) is 0 Å². The minimum Gasteiger partial charge on any atom is -0.477 e. The summed E-state index contributed by atoms with van der Waals surface area (Å²) in [6.07, 6.45) is 3.09. The van der Waals surface area contributed by atoms with E-state index in [9.17, 15) is 14.9 Å². The molecule has 204 valence electrons. The maximum Gasteiger partial charge on any atom is 0.408 e. The smallest absolute Gasteiger partial charge is 0.408 e. The van der Waals surface area contributed by atoms with Crippen LogP contribution in [0.2, 0.25) is 0 Å². The predicted molar refractivity (Wildman–Crippen MR) is 142 cm³/mol. The number of benzene rings is 1. The summed E-state index contributed by atoms with van der Waals surface area (Å²) in [5.41, 5.74) is 3.22. The molecule has 11 nitrogen and oxygen atoms in total. The first-order valence-electron chi connectivity index (χ1n) is 12.9. The van der Waals surface area contributed by atoms with Gasteiger partial charge >= 0.3 is 6.09 Å². The van der Waals surface area contributed by atoms with Crippen molar-refractivity contribution in [3.63, 3.8) is 0 Å². The molecular formula is C28H32N6O5. The summed E-state index contributed by atoms with van der Waals surface area (Å²) in [6.45, 7) is 8.73. The van der Waals surface area contributed by atoms with Gasteiger partial charge in [-0.25, -0.2) is 9.78 Å². The third-order valence-corrected chi connectivity index (χ3v) is 5.99. The molecule has 1 aliphatic heterocycles. The lowest BCUT2D eigenvalue weighted by molar-refractivity contribution is -0.130. The highest BCUT2D eigenvalue weighted by atomic mass is 16.6. The lowest BCUT2D eigenvalue weighted by atomic mass is 10.00. The van der Waals surface area contributed by atoms with Crippen LogP contribution in [0.25, 0.3) is 22.8 Å². The largest absolute Gasteiger partial charge is 0.477 e. The molecule has 4 rings (SSSR count). The van der Waals surface area contributed by atoms with E-state index in [4.69, 9.17) is 14.0 Å². The van der Waals surface area contributed by atoms with Crippen molar-refractivity contribution in [1.82, 2.24) is 25.3 Å². The highest BCUT2D eigenvalue weighted by Gasteiger charge is 2.22. The number of hydrogen-bond donors (Lipinski definition) is 1. The standard InChI is InChI=1S/C28H32N6O5/c1-5-12-37-25-21(15-29)14-22(16-30-25)26-32-24(33-39-26)20-7-6-18-8-10-34(11-9-19(18)13-20)23(35)17-31-27(36)38-28(2,3)4/h6-7,13-14,16H,5,8-12,17H2,1-4H3,(H,31,36). The van der Waals surface area contributed by atoms with Crippen LogP contribution in [0.4, 0.5) is 4.79 Å². The molecule has 0 saturated carbocycles. The number of pyridine rings is 1. The first kappa shape index (κ1) is 27.6. The van der Waals surface area contributed by atoms with E-state index in [0.717, 1.165) is 23.1 Å². The second-order valence-corrected chi connectivity index (χ2v) is 10.2. The molecule has 0 bridgehead atoms. The molecule has 0 fully saturated rings. The second kappa shape index (κ2) is 11.9. The van der Waals surface area contributed by atoms with Gasteiger partial charge in [-0.1, -0.05) is 24.2 Å². The van der Waals surface area contributed by atoms with Gasteiger partial charge in [0.2, 0.25) is 17.6 Å². The van der Waals surface area contributed by atoms with Gasteiger partial charge in [-0.3, -0.25) is 4.79 Å². The Balaban J connectivity index is 1.42. The number of nitriles is 1. The van der Waals surface area contributed by atoms with Crippen molar-refractivity contribution in [2.45, 2.75) is 52.6 Å². The molecule has 0 radical (unpaired) electrons. The number of nitrogens with one attached hydrogen (secondary N) is 1. The Hall–Kier alpha value is -4.46. The summed E-state index contributed by atoms with van der Waals surface area (Å²) in [6, 6.07) is 9.67. The van der Waals surface area contributed by atoms with Crippen LogP contribution in [0.5, 0.6) is 5.88 Å². The zero-order valence-corrected chi connectivity index (χ0v) is 22.6. The summed E-state index contributed by atoms with van der Waals surface area (Å²) in [5.74, 6) is 0.784. The number of carbonyl (C=O) groups is 2. The minimum absolute atomic E-state index is 0.115. The van der Waals surface area contributed by atoms with Crippen LogP contribution >= 0.6 is 0 Å². The van der Waals surface area contributed by atoms with Crippen molar-refractivity contribution in [3.05, 3.63) is 47.2 Å². The second-order valence-electron chi connectivity index (χ2n) is 10.2. The lowest BCUT2D eigenvalue weighted by Gasteiger charge is -2.22. The molecule has 2 aromatic heterocycles. The minimum atomic E-state index is -0.626. The number of fused-ring (bicyclic) bond motifs is 1. The Labute approximate surface area is 227 Å². The van der Waals surface area contributed by atoms with Crippen molar-refractivity contribution >= 4 is 12.0 Å². The van der Waals surface area contributed by atoms with E-state index < -0.39 is 11.7 Å². The van der Waals surface area contributed by atoms with E-state index in [-0.39, 0.29) is 24.2 Å². The van der Waals surface area contributed by atoms with E-state index in [1.807, 2.05) is 25.1 Å². The zero-order chi connectivity index (χ0) is 28.0. The van der Waals surface area contributed by atoms with E-state index in [2.05, 4.69) is 26.5 Å². The van der Waals surface area contributed by atoms with Crippen molar-refractivity contribution in [2.75, 3.05) is 26.2 Å². The normalized spacial score (nSPS) is 13.2. The van der Waals surface area contributed by atoms with Gasteiger partial charge in [0, 0.05) is 24.8 Å². The Bertz CT molecular complexity index is 1390. The molecule has 3 heterocycles. The molecule has 0 aliphatic carbocycles. The number of nitrogens with zero attached hydrogens (tertiary/aromatic N) is 5. The van der Waals surface area contributed by atoms with E-state index in [1.54, 1.807) is 37.9 Å². The first-order valence-corrected chi connectivity index (χ1v) is 12.9. The number of aromatic nitrogens is 3. The zero-order valence-electron chi connectivity index (χ0n) is 22.6. The van der Waals surface area contributed by atoms with Crippen LogP contribution in [0.1, 0.15) is 50.8 Å². The van der Waals surface area contributed by atoms with Gasteiger partial charge in [0.1, 0.15) is 23.8 Å². The molecule has 11 heteroatoms. The number of alkyl carbamates (subject to hydrolysis) is 1. The van der Waals surface area contributed by atoms with Crippen molar-refractivity contribution < 1.29 is 23.6 Å². The molecule has 0 atom stereocenters. The quantitative estimate of drug-likeness (QED) is 0.479. The lowest BCUT2D eigenvalue weighted by Crippen LogP contribution is -2.42. The van der Waals surface area contributed by atoms with Crippen molar-refractivity contribution in [3.8, 4) is 34.8 Å². The van der Waals surface area contributed by atoms with Crippen LogP contribution in [-0.4, -0.2) is 63.9 Å². The van der Waals surface area contributed by atoms with E-state index in [0.29, 0.717) is 49.5 Å². The molecule has 3 aromatic rings. The molecule has 39 heavy (non-hydrogen) atoms. The number of rotatable bonds is 7. The van der Waals surface area contributed by atoms with Gasteiger partial charge in [-0.05, 0) is 63.3 Å². The topological polar surface area (TPSA) is 143 Å². The highest BCUT2D eigenvalue weighted by Crippen LogP contribution is 2.27. The third kappa shape index (κ3) is 7.10. The molecular weight excluding hydrogens is 500 g/mol. The van der Waals surface area contributed by atoms with Gasteiger partial charge in [0.05, 0.1) is 12.2 Å². The first-order chi connectivity index (χ1) is 18.7. The molecule has 0 unspecified atom stereocenters. The molecule has 0 saturated heterocycles. The van der Waals surface area contributed by atoms with Gasteiger partial charge in [0.15, 0.2) is 0 Å². The Morgan fingerprint density at radius 3 is 2.64 bits per heavy atom. The molecule has 2 amide bonds. The summed E-state index contributed by atoms with van der Waals surface area (Å²) in [7, 11) is 0. The molecule has 1 aliphatic rings. The van der Waals surface area contributed by atoms with Gasteiger partial charge in [0.25, 0.3) is 5.89 Å². The summed E-state index contributed by atoms with van der Waals surface area (Å²) in [4.78, 5) is 35.1.